The molecule has 21 heavy (non-hydrogen) atoms. The van der Waals surface area contributed by atoms with Gasteiger partial charge in [-0.3, -0.25) is 10.1 Å². The summed E-state index contributed by atoms with van der Waals surface area (Å²) in [4.78, 5) is 13.9. The molecule has 0 unspecified atom stereocenters. The summed E-state index contributed by atoms with van der Waals surface area (Å²) in [5, 5.41) is 10.6. The van der Waals surface area contributed by atoms with Gasteiger partial charge in [0.05, 0.1) is 11.5 Å². The Hall–Kier alpha value is -2.67. The fraction of sp³-hybridized carbons (Fsp3) is 0.214. The highest BCUT2D eigenvalue weighted by Crippen LogP contribution is 2.25. The Morgan fingerprint density at radius 2 is 1.95 bits per heavy atom. The summed E-state index contributed by atoms with van der Waals surface area (Å²) < 4.78 is 10.5. The van der Waals surface area contributed by atoms with Crippen molar-refractivity contribution >= 4 is 11.5 Å². The van der Waals surface area contributed by atoms with Gasteiger partial charge in [-0.1, -0.05) is 12.1 Å². The fourth-order valence-electron chi connectivity index (χ4n) is 1.72. The number of nitrogens with two attached hydrogens (primary N) is 1. The van der Waals surface area contributed by atoms with Gasteiger partial charge >= 0.3 is 5.69 Å². The lowest BCUT2D eigenvalue weighted by Crippen LogP contribution is -1.99. The largest absolute Gasteiger partial charge is 0.439 e. The third kappa shape index (κ3) is 3.90. The van der Waals surface area contributed by atoms with Crippen molar-refractivity contribution < 1.29 is 14.4 Å². The summed E-state index contributed by atoms with van der Waals surface area (Å²) in [7, 11) is 1.65. The summed E-state index contributed by atoms with van der Waals surface area (Å²) in [6, 6.07) is 10.1. The molecule has 0 amide bonds. The Labute approximate surface area is 121 Å². The number of hydrogen-bond acceptors (Lipinski definition) is 6. The predicted molar refractivity (Wildman–Crippen MR) is 77.4 cm³/mol. The van der Waals surface area contributed by atoms with Crippen LogP contribution in [-0.4, -0.2) is 23.6 Å². The number of methoxy groups -OCH3 is 1. The Kier molecular flexibility index (Phi) is 4.68. The molecule has 0 saturated heterocycles. The van der Waals surface area contributed by atoms with E-state index in [0.29, 0.717) is 12.4 Å². The minimum Gasteiger partial charge on any atom is -0.439 e. The van der Waals surface area contributed by atoms with Gasteiger partial charge in [-0.15, -0.1) is 0 Å². The average Bonchev–Trinajstić information content (AvgIpc) is 2.46. The molecule has 1 heterocycles. The minimum absolute atomic E-state index is 0.172. The van der Waals surface area contributed by atoms with Gasteiger partial charge in [0.1, 0.15) is 5.75 Å². The maximum atomic E-state index is 10.6. The number of ether oxygens (including phenoxy) is 2. The quantitative estimate of drug-likeness (QED) is 0.648. The van der Waals surface area contributed by atoms with E-state index in [-0.39, 0.29) is 17.4 Å². The van der Waals surface area contributed by atoms with Crippen LogP contribution in [0.1, 0.15) is 5.56 Å². The number of aromatic nitrogens is 1. The van der Waals surface area contributed by atoms with E-state index in [4.69, 9.17) is 15.2 Å². The zero-order valence-electron chi connectivity index (χ0n) is 11.5. The van der Waals surface area contributed by atoms with Crippen LogP contribution in [0.2, 0.25) is 0 Å². The zero-order chi connectivity index (χ0) is 15.2. The van der Waals surface area contributed by atoms with Crippen LogP contribution in [0, 0.1) is 10.1 Å². The smallest absolute Gasteiger partial charge is 0.311 e. The number of benzene rings is 1. The first-order valence-corrected chi connectivity index (χ1v) is 6.27. The Morgan fingerprint density at radius 1 is 1.24 bits per heavy atom. The second-order valence-electron chi connectivity index (χ2n) is 4.30. The number of nitrogens with zero attached hydrogens (tertiary/aromatic N) is 2. The molecule has 0 spiro atoms. The first-order valence-electron chi connectivity index (χ1n) is 6.27. The van der Waals surface area contributed by atoms with Crippen molar-refractivity contribution in [2.75, 3.05) is 19.5 Å². The Bertz CT molecular complexity index is 629. The molecular weight excluding hydrogens is 274 g/mol. The molecule has 0 aliphatic carbocycles. The Balaban J connectivity index is 2.07. The van der Waals surface area contributed by atoms with Crippen LogP contribution < -0.4 is 10.5 Å². The highest BCUT2D eigenvalue weighted by molar-refractivity contribution is 5.53. The van der Waals surface area contributed by atoms with Crippen LogP contribution >= 0.6 is 0 Å². The summed E-state index contributed by atoms with van der Waals surface area (Å²) >= 11 is 0. The van der Waals surface area contributed by atoms with Crippen LogP contribution in [0.4, 0.5) is 11.5 Å². The standard InChI is InChI=1S/C14H15N3O4/c1-20-9-8-10-2-4-11(5-3-10)21-13-7-6-12(17(18)19)14(15)16-13/h2-7H,8-9H2,1H3,(H2,15,16). The van der Waals surface area contributed by atoms with Gasteiger partial charge in [0.15, 0.2) is 0 Å². The number of pyridine rings is 1. The number of hydrogen-bond donors (Lipinski definition) is 1. The van der Waals surface area contributed by atoms with E-state index in [9.17, 15) is 10.1 Å². The molecule has 0 aliphatic rings. The second-order valence-corrected chi connectivity index (χ2v) is 4.30. The Morgan fingerprint density at radius 3 is 2.52 bits per heavy atom. The topological polar surface area (TPSA) is 101 Å². The van der Waals surface area contributed by atoms with Crippen molar-refractivity contribution in [2.24, 2.45) is 0 Å². The van der Waals surface area contributed by atoms with Gasteiger partial charge in [0.25, 0.3) is 0 Å². The number of nitro groups is 1. The number of nitrogen functional groups attached to an aromatic ring is 1. The minimum atomic E-state index is -0.587. The van der Waals surface area contributed by atoms with Crippen molar-refractivity contribution in [3.63, 3.8) is 0 Å². The summed E-state index contributed by atoms with van der Waals surface area (Å²) in [6.07, 6.45) is 0.819. The summed E-state index contributed by atoms with van der Waals surface area (Å²) in [5.74, 6) is 0.619. The van der Waals surface area contributed by atoms with E-state index in [0.717, 1.165) is 12.0 Å². The molecule has 110 valence electrons. The summed E-state index contributed by atoms with van der Waals surface area (Å²) in [5.41, 5.74) is 6.39. The maximum Gasteiger partial charge on any atom is 0.311 e. The zero-order valence-corrected chi connectivity index (χ0v) is 11.5. The summed E-state index contributed by atoms with van der Waals surface area (Å²) in [6.45, 7) is 0.653. The van der Waals surface area contributed by atoms with Crippen molar-refractivity contribution in [1.29, 1.82) is 0 Å². The van der Waals surface area contributed by atoms with Crippen LogP contribution in [0.5, 0.6) is 11.6 Å². The number of rotatable bonds is 6. The van der Waals surface area contributed by atoms with E-state index in [1.165, 1.54) is 12.1 Å². The second kappa shape index (κ2) is 6.67. The van der Waals surface area contributed by atoms with Crippen molar-refractivity contribution in [3.8, 4) is 11.6 Å². The lowest BCUT2D eigenvalue weighted by Gasteiger charge is -2.06. The van der Waals surface area contributed by atoms with Crippen molar-refractivity contribution in [1.82, 2.24) is 4.98 Å². The lowest BCUT2D eigenvalue weighted by atomic mass is 10.1. The van der Waals surface area contributed by atoms with E-state index in [2.05, 4.69) is 4.98 Å². The van der Waals surface area contributed by atoms with Crippen LogP contribution in [0.15, 0.2) is 36.4 Å². The fourth-order valence-corrected chi connectivity index (χ4v) is 1.72. The van der Waals surface area contributed by atoms with Gasteiger partial charge in [0.2, 0.25) is 11.7 Å². The molecule has 0 fully saturated rings. The molecule has 1 aromatic heterocycles. The molecule has 2 rings (SSSR count). The number of anilines is 1. The van der Waals surface area contributed by atoms with Gasteiger partial charge in [-0.25, -0.2) is 0 Å². The molecule has 1 aromatic carbocycles. The lowest BCUT2D eigenvalue weighted by molar-refractivity contribution is -0.384. The van der Waals surface area contributed by atoms with Gasteiger partial charge in [-0.05, 0) is 24.1 Å². The highest BCUT2D eigenvalue weighted by atomic mass is 16.6. The van der Waals surface area contributed by atoms with E-state index in [1.54, 1.807) is 19.2 Å². The molecule has 7 nitrogen and oxygen atoms in total. The molecule has 2 N–H and O–H groups in total. The van der Waals surface area contributed by atoms with Crippen molar-refractivity contribution in [2.45, 2.75) is 6.42 Å². The van der Waals surface area contributed by atoms with Gasteiger partial charge < -0.3 is 15.2 Å². The molecule has 0 radical (unpaired) electrons. The maximum absolute atomic E-state index is 10.6. The monoisotopic (exact) mass is 289 g/mol. The predicted octanol–water partition coefficient (Wildman–Crippen LogP) is 2.55. The van der Waals surface area contributed by atoms with E-state index in [1.807, 2.05) is 12.1 Å². The first kappa shape index (κ1) is 14.7. The molecule has 0 atom stereocenters. The average molecular weight is 289 g/mol. The molecule has 0 aliphatic heterocycles. The van der Waals surface area contributed by atoms with Crippen LogP contribution in [0.25, 0.3) is 0 Å². The van der Waals surface area contributed by atoms with Gasteiger partial charge in [0, 0.05) is 19.2 Å². The third-order valence-corrected chi connectivity index (χ3v) is 2.81. The molecule has 0 saturated carbocycles. The molecule has 0 bridgehead atoms. The molecule has 7 heteroatoms. The van der Waals surface area contributed by atoms with Crippen molar-refractivity contribution in [3.05, 3.63) is 52.1 Å². The first-order chi connectivity index (χ1) is 10.1. The van der Waals surface area contributed by atoms with E-state index >= 15 is 0 Å². The third-order valence-electron chi connectivity index (χ3n) is 2.81. The van der Waals surface area contributed by atoms with E-state index < -0.39 is 4.92 Å². The van der Waals surface area contributed by atoms with Gasteiger partial charge in [-0.2, -0.15) is 4.98 Å². The highest BCUT2D eigenvalue weighted by Gasteiger charge is 2.13. The van der Waals surface area contributed by atoms with Crippen LogP contribution in [0.3, 0.4) is 0 Å². The normalized spacial score (nSPS) is 10.3. The van der Waals surface area contributed by atoms with Crippen LogP contribution in [-0.2, 0) is 11.2 Å². The molecular formula is C14H15N3O4. The SMILES string of the molecule is COCCc1ccc(Oc2ccc([N+](=O)[O-])c(N)n2)cc1. The molecule has 2 aromatic rings.